The van der Waals surface area contributed by atoms with Gasteiger partial charge in [-0.3, -0.25) is 24.0 Å². The van der Waals surface area contributed by atoms with E-state index in [0.717, 1.165) is 12.3 Å². The van der Waals surface area contributed by atoms with Gasteiger partial charge in [0.25, 0.3) is 5.91 Å². The van der Waals surface area contributed by atoms with Gasteiger partial charge in [-0.05, 0) is 61.7 Å². The Morgan fingerprint density at radius 1 is 1.05 bits per heavy atom. The number of hydrogen-bond acceptors (Lipinski definition) is 11. The molecule has 16 nitrogen and oxygen atoms in total. The highest BCUT2D eigenvalue weighted by molar-refractivity contribution is 7.92. The Hall–Kier alpha value is -5.56. The van der Waals surface area contributed by atoms with Crippen molar-refractivity contribution in [1.29, 1.82) is 0 Å². The van der Waals surface area contributed by atoms with Crippen LogP contribution in [0.5, 0.6) is 5.75 Å². The number of nitrogens with one attached hydrogen (secondary N) is 4. The van der Waals surface area contributed by atoms with Crippen molar-refractivity contribution in [2.75, 3.05) is 38.8 Å². The summed E-state index contributed by atoms with van der Waals surface area (Å²) < 4.78 is 51.5. The second-order valence-electron chi connectivity index (χ2n) is 13.3. The molecule has 1 aliphatic rings. The first-order valence-corrected chi connectivity index (χ1v) is 19.4. The number of benzene rings is 1. The summed E-state index contributed by atoms with van der Waals surface area (Å²) in [6.45, 7) is 3.41. The number of nitrogens with two attached hydrogens (primary N) is 1. The van der Waals surface area contributed by atoms with Gasteiger partial charge in [0.2, 0.25) is 23.6 Å². The molecule has 3 heterocycles. The van der Waals surface area contributed by atoms with Crippen molar-refractivity contribution in [3.63, 3.8) is 0 Å². The first kappa shape index (κ1) is 42.2. The molecule has 5 amide bonds. The first-order chi connectivity index (χ1) is 26.0. The number of primary amides is 1. The zero-order valence-corrected chi connectivity index (χ0v) is 31.9. The Morgan fingerprint density at radius 2 is 1.78 bits per heavy atom. The molecule has 6 N–H and O–H groups in total. The molecular weight excluding hydrogens is 741 g/mol. The fraction of sp³-hybridized carbons (Fsp3) is 0.417. The lowest BCUT2D eigenvalue weighted by atomic mass is 10.0. The standard InChI is InChI=1S/C36H45F2N9O7S/c1-20(2)33(45-34(50)27-7-6-12-47(27)36(52)26(16-29(39)48)43-32(49)18-40-3)35(51)46-55(5,53)19-21-10-11-41-30(13-21)44-31-15-24(25(38)17-42-31)23-9-8-22(37)14-28(23)54-4/h8-11,13-15,17,20,26-27,33,40H,6-7,12,16,18-19H2,1-5H3,(H2,39,48)(H,43,49)(H,45,50)(H,41,42,44)/t26-,27-,33-,55-/m0/s1. The molecule has 0 aliphatic carbocycles. The highest BCUT2D eigenvalue weighted by atomic mass is 32.2. The predicted octanol–water partition coefficient (Wildman–Crippen LogP) is 2.01. The predicted molar refractivity (Wildman–Crippen MR) is 200 cm³/mol. The number of methoxy groups -OCH3 is 1. The third kappa shape index (κ3) is 11.5. The van der Waals surface area contributed by atoms with Gasteiger partial charge in [0, 0.05) is 36.2 Å². The van der Waals surface area contributed by atoms with Gasteiger partial charge in [-0.25, -0.2) is 23.0 Å². The SMILES string of the molecule is CNCC(=O)N[C@@H](CC(N)=O)C(=O)N1CCC[C@H]1C(=O)N[C@H](C(=O)N=[S@@](C)(=O)Cc1ccnc(Nc2cc(-c3ccc(F)cc3OC)c(F)cn2)c1)C(C)C. The van der Waals surface area contributed by atoms with Crippen molar-refractivity contribution >= 4 is 50.9 Å². The van der Waals surface area contributed by atoms with Gasteiger partial charge >= 0.3 is 0 Å². The summed E-state index contributed by atoms with van der Waals surface area (Å²) in [6.07, 6.45) is 3.98. The third-order valence-corrected chi connectivity index (χ3v) is 9.99. The van der Waals surface area contributed by atoms with E-state index in [9.17, 15) is 37.0 Å². The zero-order valence-electron chi connectivity index (χ0n) is 31.1. The minimum atomic E-state index is -3.22. The van der Waals surface area contributed by atoms with Crippen LogP contribution >= 0.6 is 0 Å². The molecule has 2 aromatic heterocycles. The second-order valence-corrected chi connectivity index (χ2v) is 15.7. The number of nitrogens with zero attached hydrogens (tertiary/aromatic N) is 4. The molecule has 55 heavy (non-hydrogen) atoms. The molecule has 1 saturated heterocycles. The van der Waals surface area contributed by atoms with Crippen molar-refractivity contribution < 1.29 is 41.7 Å². The van der Waals surface area contributed by atoms with Gasteiger partial charge in [-0.1, -0.05) is 13.8 Å². The highest BCUT2D eigenvalue weighted by Crippen LogP contribution is 2.34. The summed E-state index contributed by atoms with van der Waals surface area (Å²) in [5, 5.41) is 10.8. The number of pyridine rings is 2. The monoisotopic (exact) mass is 785 g/mol. The van der Waals surface area contributed by atoms with Crippen molar-refractivity contribution in [1.82, 2.24) is 30.8 Å². The van der Waals surface area contributed by atoms with Crippen LogP contribution in [0.15, 0.2) is 53.2 Å². The fourth-order valence-corrected chi connectivity index (χ4v) is 7.38. The van der Waals surface area contributed by atoms with E-state index in [2.05, 4.69) is 35.6 Å². The molecular formula is C36H45F2N9O7S. The smallest absolute Gasteiger partial charge is 0.276 e. The Morgan fingerprint density at radius 3 is 2.45 bits per heavy atom. The Balaban J connectivity index is 1.47. The molecule has 3 aromatic rings. The van der Waals surface area contributed by atoms with Gasteiger partial charge < -0.3 is 36.6 Å². The maximum Gasteiger partial charge on any atom is 0.276 e. The maximum absolute atomic E-state index is 14.8. The highest BCUT2D eigenvalue weighted by Gasteiger charge is 2.39. The summed E-state index contributed by atoms with van der Waals surface area (Å²) in [5.74, 6) is -4.78. The van der Waals surface area contributed by atoms with Crippen LogP contribution in [-0.2, 0) is 39.5 Å². The lowest BCUT2D eigenvalue weighted by Gasteiger charge is -2.29. The molecule has 4 atom stereocenters. The molecule has 0 bridgehead atoms. The number of halogens is 2. The maximum atomic E-state index is 14.8. The molecule has 0 radical (unpaired) electrons. The lowest BCUT2D eigenvalue weighted by molar-refractivity contribution is -0.143. The van der Waals surface area contributed by atoms with Crippen LogP contribution in [0.3, 0.4) is 0 Å². The van der Waals surface area contributed by atoms with E-state index >= 15 is 0 Å². The van der Waals surface area contributed by atoms with Gasteiger partial charge in [-0.2, -0.15) is 4.36 Å². The summed E-state index contributed by atoms with van der Waals surface area (Å²) in [5.41, 5.74) is 6.21. The number of anilines is 2. The summed E-state index contributed by atoms with van der Waals surface area (Å²) in [4.78, 5) is 73.9. The number of rotatable bonds is 16. The minimum absolute atomic E-state index is 0.0967. The first-order valence-electron chi connectivity index (χ1n) is 17.3. The number of likely N-dealkylation sites (N-methyl/N-ethyl adjacent to an activating group) is 1. The number of ether oxygens (including phenoxy) is 1. The van der Waals surface area contributed by atoms with E-state index in [1.54, 1.807) is 26.0 Å². The normalized spacial score (nSPS) is 16.1. The quantitative estimate of drug-likeness (QED) is 0.141. The fourth-order valence-electron chi connectivity index (χ4n) is 6.03. The van der Waals surface area contributed by atoms with Gasteiger partial charge in [0.15, 0.2) is 0 Å². The van der Waals surface area contributed by atoms with Crippen LogP contribution in [0.2, 0.25) is 0 Å². The van der Waals surface area contributed by atoms with E-state index in [-0.39, 0.29) is 48.2 Å². The average molecular weight is 786 g/mol. The molecule has 19 heteroatoms. The van der Waals surface area contributed by atoms with E-state index < -0.39 is 81.4 Å². The molecule has 1 aromatic carbocycles. The number of carbonyl (C=O) groups excluding carboxylic acids is 5. The van der Waals surface area contributed by atoms with Gasteiger partial charge in [-0.15, -0.1) is 0 Å². The molecule has 4 rings (SSSR count). The van der Waals surface area contributed by atoms with Gasteiger partial charge in [0.1, 0.15) is 47.1 Å². The summed E-state index contributed by atoms with van der Waals surface area (Å²) >= 11 is 0. The van der Waals surface area contributed by atoms with E-state index in [1.807, 2.05) is 0 Å². The van der Waals surface area contributed by atoms with Crippen molar-refractivity contribution in [2.45, 2.75) is 57.0 Å². The third-order valence-electron chi connectivity index (χ3n) is 8.55. The van der Waals surface area contributed by atoms with Crippen LogP contribution in [-0.4, -0.2) is 100 Å². The summed E-state index contributed by atoms with van der Waals surface area (Å²) in [7, 11) is -0.347. The van der Waals surface area contributed by atoms with Crippen molar-refractivity contribution in [3.05, 3.63) is 66.0 Å². The number of carbonyl (C=O) groups is 5. The minimum Gasteiger partial charge on any atom is -0.496 e. The molecule has 0 saturated carbocycles. The second kappa shape index (κ2) is 18.7. The Labute approximate surface area is 317 Å². The number of amides is 5. The van der Waals surface area contributed by atoms with E-state index in [1.165, 1.54) is 49.7 Å². The largest absolute Gasteiger partial charge is 0.496 e. The van der Waals surface area contributed by atoms with Crippen LogP contribution in [0.1, 0.15) is 38.7 Å². The zero-order chi connectivity index (χ0) is 40.4. The number of aromatic nitrogens is 2. The van der Waals surface area contributed by atoms with Crippen molar-refractivity contribution in [3.8, 4) is 16.9 Å². The number of likely N-dealkylation sites (tertiary alicyclic amines) is 1. The molecule has 1 fully saturated rings. The van der Waals surface area contributed by atoms with Crippen LogP contribution < -0.4 is 31.7 Å². The van der Waals surface area contributed by atoms with Crippen molar-refractivity contribution in [2.24, 2.45) is 16.0 Å². The summed E-state index contributed by atoms with van der Waals surface area (Å²) in [6, 6.07) is 4.78. The molecule has 1 aliphatic heterocycles. The van der Waals surface area contributed by atoms with Gasteiger partial charge in [0.05, 0.1) is 41.8 Å². The molecule has 296 valence electrons. The van der Waals surface area contributed by atoms with Crippen LogP contribution in [0.4, 0.5) is 20.4 Å². The van der Waals surface area contributed by atoms with Crippen LogP contribution in [0.25, 0.3) is 11.1 Å². The lowest BCUT2D eigenvalue weighted by Crippen LogP contribution is -2.57. The number of hydrogen-bond donors (Lipinski definition) is 5. The topological polar surface area (TPSA) is 227 Å². The molecule has 0 unspecified atom stereocenters. The Kier molecular flexibility index (Phi) is 14.3. The van der Waals surface area contributed by atoms with E-state index in [4.69, 9.17) is 10.5 Å². The van der Waals surface area contributed by atoms with E-state index in [0.29, 0.717) is 17.5 Å². The van der Waals surface area contributed by atoms with Crippen LogP contribution in [0, 0.1) is 17.6 Å². The average Bonchev–Trinajstić information content (AvgIpc) is 3.60. The molecule has 0 spiro atoms. The Bertz CT molecular complexity index is 2060.